The SMILES string of the molecule is CCN(CCC#N)C(=O)CN1C[C@H](O)C[C@@H]1c1cc(F)ccc1F. The standard InChI is InChI=1S/C17H21F2N3O2/c1-2-21(7-3-6-20)17(24)11-22-10-13(23)9-16(22)14-8-12(18)4-5-15(14)19/h4-5,8,13,16,23H,2-3,7,9-11H2,1H3/t13-,16-/m1/s1. The zero-order valence-electron chi connectivity index (χ0n) is 13.6. The molecule has 7 heteroatoms. The van der Waals surface area contributed by atoms with E-state index in [1.54, 1.807) is 9.80 Å². The molecule has 0 aromatic heterocycles. The Morgan fingerprint density at radius 2 is 2.25 bits per heavy atom. The number of aliphatic hydroxyl groups is 1. The number of benzene rings is 1. The molecule has 130 valence electrons. The number of carbonyl (C=O) groups is 1. The van der Waals surface area contributed by atoms with Crippen LogP contribution in [0.3, 0.4) is 0 Å². The van der Waals surface area contributed by atoms with Crippen LogP contribution in [0.4, 0.5) is 8.78 Å². The minimum atomic E-state index is -0.695. The Labute approximate surface area is 140 Å². The molecule has 1 aromatic carbocycles. The topological polar surface area (TPSA) is 67.6 Å². The van der Waals surface area contributed by atoms with Crippen molar-refractivity contribution in [1.82, 2.24) is 9.80 Å². The Morgan fingerprint density at radius 3 is 2.92 bits per heavy atom. The predicted octanol–water partition coefficient (Wildman–Crippen LogP) is 1.83. The monoisotopic (exact) mass is 337 g/mol. The van der Waals surface area contributed by atoms with Crippen LogP contribution in [0.15, 0.2) is 18.2 Å². The van der Waals surface area contributed by atoms with Crippen molar-refractivity contribution in [3.63, 3.8) is 0 Å². The van der Waals surface area contributed by atoms with E-state index >= 15 is 0 Å². The molecule has 1 fully saturated rings. The van der Waals surface area contributed by atoms with Gasteiger partial charge in [0.2, 0.25) is 5.91 Å². The molecule has 2 atom stereocenters. The van der Waals surface area contributed by atoms with Crippen LogP contribution in [0.25, 0.3) is 0 Å². The number of likely N-dealkylation sites (N-methyl/N-ethyl adjacent to an activating group) is 1. The summed E-state index contributed by atoms with van der Waals surface area (Å²) < 4.78 is 27.5. The van der Waals surface area contributed by atoms with Crippen LogP contribution in [-0.4, -0.2) is 53.1 Å². The number of nitrogens with zero attached hydrogens (tertiary/aromatic N) is 3. The zero-order valence-corrected chi connectivity index (χ0v) is 13.6. The first-order chi connectivity index (χ1) is 11.5. The lowest BCUT2D eigenvalue weighted by molar-refractivity contribution is -0.132. The number of amides is 1. The summed E-state index contributed by atoms with van der Waals surface area (Å²) >= 11 is 0. The van der Waals surface area contributed by atoms with Gasteiger partial charge in [0.1, 0.15) is 11.6 Å². The van der Waals surface area contributed by atoms with Crippen molar-refractivity contribution < 1.29 is 18.7 Å². The van der Waals surface area contributed by atoms with Gasteiger partial charge in [0.15, 0.2) is 0 Å². The Balaban J connectivity index is 2.14. The molecule has 1 heterocycles. The highest BCUT2D eigenvalue weighted by molar-refractivity contribution is 5.78. The molecule has 1 aromatic rings. The summed E-state index contributed by atoms with van der Waals surface area (Å²) in [6.45, 7) is 2.84. The van der Waals surface area contributed by atoms with Crippen LogP contribution in [0.5, 0.6) is 0 Å². The lowest BCUT2D eigenvalue weighted by atomic mass is 10.0. The van der Waals surface area contributed by atoms with Crippen molar-refractivity contribution in [1.29, 1.82) is 5.26 Å². The molecule has 0 saturated carbocycles. The summed E-state index contributed by atoms with van der Waals surface area (Å²) in [7, 11) is 0. The van der Waals surface area contributed by atoms with Crippen molar-refractivity contribution in [3.05, 3.63) is 35.4 Å². The molecular weight excluding hydrogens is 316 g/mol. The summed E-state index contributed by atoms with van der Waals surface area (Å²) in [4.78, 5) is 15.6. The smallest absolute Gasteiger partial charge is 0.236 e. The molecule has 1 aliphatic heterocycles. The number of likely N-dealkylation sites (tertiary alicyclic amines) is 1. The van der Waals surface area contributed by atoms with Crippen molar-refractivity contribution in [2.24, 2.45) is 0 Å². The highest BCUT2D eigenvalue weighted by Gasteiger charge is 2.35. The molecule has 0 aliphatic carbocycles. The van der Waals surface area contributed by atoms with E-state index in [0.717, 1.165) is 18.2 Å². The summed E-state index contributed by atoms with van der Waals surface area (Å²) in [6.07, 6.45) is -0.207. The molecule has 0 spiro atoms. The van der Waals surface area contributed by atoms with Gasteiger partial charge < -0.3 is 10.0 Å². The number of nitriles is 1. The van der Waals surface area contributed by atoms with Crippen molar-refractivity contribution in [2.75, 3.05) is 26.2 Å². The number of hydrogen-bond acceptors (Lipinski definition) is 4. The maximum Gasteiger partial charge on any atom is 0.236 e. The van der Waals surface area contributed by atoms with Crippen LogP contribution < -0.4 is 0 Å². The second-order valence-electron chi connectivity index (χ2n) is 5.88. The molecule has 0 bridgehead atoms. The maximum absolute atomic E-state index is 14.0. The first-order valence-corrected chi connectivity index (χ1v) is 7.98. The number of β-amino-alcohol motifs (C(OH)–C–C–N with tert-alkyl or cyclic N) is 1. The quantitative estimate of drug-likeness (QED) is 0.860. The molecule has 2 rings (SSSR count). The lowest BCUT2D eigenvalue weighted by Crippen LogP contribution is -2.41. The molecule has 0 unspecified atom stereocenters. The summed E-state index contributed by atoms with van der Waals surface area (Å²) in [5.41, 5.74) is 0.152. The lowest BCUT2D eigenvalue weighted by Gasteiger charge is -2.27. The largest absolute Gasteiger partial charge is 0.392 e. The van der Waals surface area contributed by atoms with E-state index in [9.17, 15) is 18.7 Å². The van der Waals surface area contributed by atoms with Crippen LogP contribution in [0.2, 0.25) is 0 Å². The van der Waals surface area contributed by atoms with E-state index in [-0.39, 0.29) is 37.4 Å². The molecule has 1 saturated heterocycles. The second kappa shape index (κ2) is 8.18. The zero-order chi connectivity index (χ0) is 17.7. The summed E-state index contributed by atoms with van der Waals surface area (Å²) in [5.74, 6) is -1.29. The van der Waals surface area contributed by atoms with E-state index < -0.39 is 23.8 Å². The van der Waals surface area contributed by atoms with E-state index in [1.165, 1.54) is 0 Å². The van der Waals surface area contributed by atoms with Crippen LogP contribution in [-0.2, 0) is 4.79 Å². The van der Waals surface area contributed by atoms with E-state index in [4.69, 9.17) is 5.26 Å². The average Bonchev–Trinajstić information content (AvgIpc) is 2.90. The molecule has 5 nitrogen and oxygen atoms in total. The van der Waals surface area contributed by atoms with Gasteiger partial charge in [-0.3, -0.25) is 9.69 Å². The summed E-state index contributed by atoms with van der Waals surface area (Å²) in [5, 5.41) is 18.6. The van der Waals surface area contributed by atoms with Crippen molar-refractivity contribution in [3.8, 4) is 6.07 Å². The first kappa shape index (κ1) is 18.3. The fraction of sp³-hybridized carbons (Fsp3) is 0.529. The molecule has 24 heavy (non-hydrogen) atoms. The number of halogens is 2. The Bertz CT molecular complexity index is 633. The molecule has 1 N–H and O–H groups in total. The fourth-order valence-corrected chi connectivity index (χ4v) is 3.07. The van der Waals surface area contributed by atoms with Crippen LogP contribution >= 0.6 is 0 Å². The minimum Gasteiger partial charge on any atom is -0.392 e. The molecule has 1 aliphatic rings. The van der Waals surface area contributed by atoms with Gasteiger partial charge in [-0.05, 0) is 31.5 Å². The highest BCUT2D eigenvalue weighted by atomic mass is 19.1. The van der Waals surface area contributed by atoms with Gasteiger partial charge in [0.25, 0.3) is 0 Å². The average molecular weight is 337 g/mol. The van der Waals surface area contributed by atoms with Gasteiger partial charge in [-0.25, -0.2) is 8.78 Å². The van der Waals surface area contributed by atoms with E-state index in [1.807, 2.05) is 13.0 Å². The van der Waals surface area contributed by atoms with Crippen molar-refractivity contribution >= 4 is 5.91 Å². The number of hydrogen-bond donors (Lipinski definition) is 1. The van der Waals surface area contributed by atoms with Crippen LogP contribution in [0.1, 0.15) is 31.4 Å². The number of rotatable bonds is 6. The normalized spacial score (nSPS) is 20.8. The van der Waals surface area contributed by atoms with Gasteiger partial charge in [0.05, 0.1) is 25.1 Å². The van der Waals surface area contributed by atoms with Crippen LogP contribution in [0, 0.1) is 23.0 Å². The van der Waals surface area contributed by atoms with Crippen molar-refractivity contribution in [2.45, 2.75) is 31.9 Å². The van der Waals surface area contributed by atoms with Gasteiger partial charge in [0, 0.05) is 31.2 Å². The first-order valence-electron chi connectivity index (χ1n) is 7.98. The number of aliphatic hydroxyl groups excluding tert-OH is 1. The minimum absolute atomic E-state index is 0.00303. The van der Waals surface area contributed by atoms with Gasteiger partial charge in [-0.2, -0.15) is 5.26 Å². The summed E-state index contributed by atoms with van der Waals surface area (Å²) in [6, 6.07) is 4.66. The molecular formula is C17H21F2N3O2. The molecule has 1 amide bonds. The Kier molecular flexibility index (Phi) is 6.23. The third-order valence-electron chi connectivity index (χ3n) is 4.26. The highest BCUT2D eigenvalue weighted by Crippen LogP contribution is 2.33. The van der Waals surface area contributed by atoms with E-state index in [2.05, 4.69) is 0 Å². The predicted molar refractivity (Wildman–Crippen MR) is 83.8 cm³/mol. The maximum atomic E-state index is 14.0. The third-order valence-corrected chi connectivity index (χ3v) is 4.26. The van der Waals surface area contributed by atoms with E-state index in [0.29, 0.717) is 13.1 Å². The Hall–Kier alpha value is -2.04. The van der Waals surface area contributed by atoms with Gasteiger partial charge >= 0.3 is 0 Å². The second-order valence-corrected chi connectivity index (χ2v) is 5.88. The number of carbonyl (C=O) groups excluding carboxylic acids is 1. The molecule has 0 radical (unpaired) electrons. The Morgan fingerprint density at radius 1 is 1.50 bits per heavy atom. The van der Waals surface area contributed by atoms with Gasteiger partial charge in [-0.1, -0.05) is 0 Å². The van der Waals surface area contributed by atoms with Gasteiger partial charge in [-0.15, -0.1) is 0 Å². The fourth-order valence-electron chi connectivity index (χ4n) is 3.07. The third kappa shape index (κ3) is 4.28.